The average molecular weight is 280 g/mol. The largest absolute Gasteiger partial charge is 0.271 e. The predicted octanol–water partition coefficient (Wildman–Crippen LogP) is 3.82. The molecule has 0 heterocycles. The van der Waals surface area contributed by atoms with E-state index in [4.69, 9.17) is 0 Å². The first-order valence-corrected chi connectivity index (χ1v) is 7.03. The molecule has 0 bridgehead atoms. The highest BCUT2D eigenvalue weighted by Gasteiger charge is 2.06. The van der Waals surface area contributed by atoms with Gasteiger partial charge in [0.2, 0.25) is 0 Å². The molecule has 1 amide bonds. The molecular formula is C18H20N2O. The molecule has 21 heavy (non-hydrogen) atoms. The van der Waals surface area contributed by atoms with Crippen LogP contribution in [0.15, 0.2) is 53.6 Å². The van der Waals surface area contributed by atoms with Crippen LogP contribution >= 0.6 is 0 Å². The molecule has 1 atom stereocenters. The van der Waals surface area contributed by atoms with Crippen molar-refractivity contribution in [1.82, 2.24) is 5.43 Å². The van der Waals surface area contributed by atoms with Crippen LogP contribution in [0.4, 0.5) is 0 Å². The number of nitrogens with one attached hydrogen (secondary N) is 1. The lowest BCUT2D eigenvalue weighted by Gasteiger charge is -2.06. The van der Waals surface area contributed by atoms with Crippen molar-refractivity contribution in [3.63, 3.8) is 0 Å². The zero-order valence-electron chi connectivity index (χ0n) is 12.6. The Morgan fingerprint density at radius 2 is 1.81 bits per heavy atom. The second-order valence-corrected chi connectivity index (χ2v) is 5.22. The summed E-state index contributed by atoms with van der Waals surface area (Å²) >= 11 is 0. The van der Waals surface area contributed by atoms with Crippen LogP contribution in [0.2, 0.25) is 0 Å². The molecule has 0 aromatic heterocycles. The number of hydrazone groups is 1. The molecular weight excluding hydrogens is 260 g/mol. The summed E-state index contributed by atoms with van der Waals surface area (Å²) < 4.78 is 0. The lowest BCUT2D eigenvalue weighted by molar-refractivity contribution is 0.0955. The molecule has 0 spiro atoms. The third-order valence-electron chi connectivity index (χ3n) is 3.56. The molecule has 1 unspecified atom stereocenters. The molecule has 0 aliphatic heterocycles. The van der Waals surface area contributed by atoms with Gasteiger partial charge in [0.15, 0.2) is 0 Å². The van der Waals surface area contributed by atoms with Crippen molar-refractivity contribution >= 4 is 12.1 Å². The molecule has 108 valence electrons. The van der Waals surface area contributed by atoms with Gasteiger partial charge in [-0.15, -0.1) is 0 Å². The minimum Gasteiger partial charge on any atom is -0.267 e. The summed E-state index contributed by atoms with van der Waals surface area (Å²) in [5, 5.41) is 4.05. The molecule has 2 aromatic carbocycles. The van der Waals surface area contributed by atoms with Gasteiger partial charge in [-0.25, -0.2) is 5.43 Å². The van der Waals surface area contributed by atoms with E-state index in [1.807, 2.05) is 69.3 Å². The fraction of sp³-hybridized carbons (Fsp3) is 0.222. The van der Waals surface area contributed by atoms with E-state index in [9.17, 15) is 4.79 Å². The summed E-state index contributed by atoms with van der Waals surface area (Å²) in [5.41, 5.74) is 6.65. The molecule has 2 aromatic rings. The minimum atomic E-state index is -0.186. The quantitative estimate of drug-likeness (QED) is 0.671. The van der Waals surface area contributed by atoms with Crippen LogP contribution in [0.3, 0.4) is 0 Å². The van der Waals surface area contributed by atoms with Crippen molar-refractivity contribution in [2.24, 2.45) is 5.10 Å². The SMILES string of the molecule is Cc1ccc(C(=O)N/N=C/C(C)c2ccccc2)cc1C. The van der Waals surface area contributed by atoms with Crippen LogP contribution in [0.1, 0.15) is 39.9 Å². The molecule has 1 N–H and O–H groups in total. The van der Waals surface area contributed by atoms with E-state index in [1.165, 1.54) is 11.1 Å². The van der Waals surface area contributed by atoms with Gasteiger partial charge >= 0.3 is 0 Å². The average Bonchev–Trinajstić information content (AvgIpc) is 2.50. The number of carbonyl (C=O) groups excluding carboxylic acids is 1. The van der Waals surface area contributed by atoms with Gasteiger partial charge in [-0.1, -0.05) is 43.3 Å². The van der Waals surface area contributed by atoms with Gasteiger partial charge in [-0.2, -0.15) is 5.10 Å². The van der Waals surface area contributed by atoms with Gasteiger partial charge in [0.25, 0.3) is 5.91 Å². The first-order chi connectivity index (χ1) is 10.1. The highest BCUT2D eigenvalue weighted by atomic mass is 16.2. The van der Waals surface area contributed by atoms with Crippen LogP contribution in [-0.4, -0.2) is 12.1 Å². The Morgan fingerprint density at radius 3 is 2.48 bits per heavy atom. The lowest BCUT2D eigenvalue weighted by atomic mass is 10.0. The van der Waals surface area contributed by atoms with Crippen molar-refractivity contribution in [3.8, 4) is 0 Å². The third kappa shape index (κ3) is 4.02. The van der Waals surface area contributed by atoms with Gasteiger partial charge in [0.05, 0.1) is 0 Å². The van der Waals surface area contributed by atoms with Crippen molar-refractivity contribution in [2.45, 2.75) is 26.7 Å². The summed E-state index contributed by atoms with van der Waals surface area (Å²) in [6.45, 7) is 6.06. The third-order valence-corrected chi connectivity index (χ3v) is 3.56. The normalized spacial score (nSPS) is 12.3. The number of carbonyl (C=O) groups is 1. The number of hydrogen-bond donors (Lipinski definition) is 1. The maximum absolute atomic E-state index is 12.0. The fourth-order valence-electron chi connectivity index (χ4n) is 2.00. The summed E-state index contributed by atoms with van der Waals surface area (Å²) in [6, 6.07) is 15.7. The highest BCUT2D eigenvalue weighted by Crippen LogP contribution is 2.12. The van der Waals surface area contributed by atoms with Crippen LogP contribution in [0.5, 0.6) is 0 Å². The number of aryl methyl sites for hydroxylation is 2. The monoisotopic (exact) mass is 280 g/mol. The summed E-state index contributed by atoms with van der Waals surface area (Å²) in [5.74, 6) is -0.0270. The second kappa shape index (κ2) is 6.84. The van der Waals surface area contributed by atoms with E-state index in [-0.39, 0.29) is 11.8 Å². The van der Waals surface area contributed by atoms with Crippen LogP contribution in [0, 0.1) is 13.8 Å². The molecule has 0 saturated heterocycles. The highest BCUT2D eigenvalue weighted by molar-refractivity contribution is 5.94. The zero-order chi connectivity index (χ0) is 15.2. The van der Waals surface area contributed by atoms with E-state index < -0.39 is 0 Å². The van der Waals surface area contributed by atoms with Crippen LogP contribution in [-0.2, 0) is 0 Å². The van der Waals surface area contributed by atoms with Crippen molar-refractivity contribution in [3.05, 3.63) is 70.8 Å². The number of nitrogens with zero attached hydrogens (tertiary/aromatic N) is 1. The van der Waals surface area contributed by atoms with Gasteiger partial charge < -0.3 is 0 Å². The number of benzene rings is 2. The summed E-state index contributed by atoms with van der Waals surface area (Å²) in [4.78, 5) is 12.0. The number of rotatable bonds is 4. The lowest BCUT2D eigenvalue weighted by Crippen LogP contribution is -2.18. The van der Waals surface area contributed by atoms with Gasteiger partial charge in [-0.3, -0.25) is 4.79 Å². The van der Waals surface area contributed by atoms with E-state index in [0.717, 1.165) is 5.56 Å². The van der Waals surface area contributed by atoms with Crippen molar-refractivity contribution in [1.29, 1.82) is 0 Å². The Balaban J connectivity index is 1.97. The predicted molar refractivity (Wildman–Crippen MR) is 86.7 cm³/mol. The maximum Gasteiger partial charge on any atom is 0.271 e. The summed E-state index contributed by atoms with van der Waals surface area (Å²) in [7, 11) is 0. The number of hydrogen-bond acceptors (Lipinski definition) is 2. The Labute approximate surface area is 125 Å². The molecule has 3 heteroatoms. The molecule has 0 fully saturated rings. The standard InChI is InChI=1S/C18H20N2O/c1-13-9-10-17(11-14(13)2)18(21)20-19-12-15(3)16-7-5-4-6-8-16/h4-12,15H,1-3H3,(H,20,21)/b19-12+. The maximum atomic E-state index is 12.0. The second-order valence-electron chi connectivity index (χ2n) is 5.22. The van der Waals surface area contributed by atoms with Crippen molar-refractivity contribution in [2.75, 3.05) is 0 Å². The van der Waals surface area contributed by atoms with Gasteiger partial charge in [0, 0.05) is 17.7 Å². The molecule has 0 radical (unpaired) electrons. The Bertz CT molecular complexity index is 648. The van der Waals surface area contributed by atoms with Crippen LogP contribution < -0.4 is 5.43 Å². The zero-order valence-corrected chi connectivity index (χ0v) is 12.6. The van der Waals surface area contributed by atoms with Gasteiger partial charge in [-0.05, 0) is 42.7 Å². The van der Waals surface area contributed by atoms with Crippen molar-refractivity contribution < 1.29 is 4.79 Å². The fourth-order valence-corrected chi connectivity index (χ4v) is 2.00. The Hall–Kier alpha value is -2.42. The Morgan fingerprint density at radius 1 is 1.10 bits per heavy atom. The molecule has 3 nitrogen and oxygen atoms in total. The first-order valence-electron chi connectivity index (χ1n) is 7.03. The van der Waals surface area contributed by atoms with E-state index >= 15 is 0 Å². The van der Waals surface area contributed by atoms with E-state index in [1.54, 1.807) is 6.21 Å². The van der Waals surface area contributed by atoms with Crippen LogP contribution in [0.25, 0.3) is 0 Å². The molecule has 0 aliphatic rings. The minimum absolute atomic E-state index is 0.159. The molecule has 0 aliphatic carbocycles. The number of amides is 1. The summed E-state index contributed by atoms with van der Waals surface area (Å²) in [6.07, 6.45) is 1.74. The topological polar surface area (TPSA) is 41.5 Å². The Kier molecular flexibility index (Phi) is 4.88. The van der Waals surface area contributed by atoms with E-state index in [2.05, 4.69) is 10.5 Å². The first kappa shape index (κ1) is 15.0. The van der Waals surface area contributed by atoms with E-state index in [0.29, 0.717) is 5.56 Å². The van der Waals surface area contributed by atoms with Gasteiger partial charge in [0.1, 0.15) is 0 Å². The molecule has 2 rings (SSSR count). The molecule has 0 saturated carbocycles. The smallest absolute Gasteiger partial charge is 0.267 e.